The van der Waals surface area contributed by atoms with Crippen LogP contribution in [0, 0.1) is 0 Å². The van der Waals surface area contributed by atoms with Crippen LogP contribution in [0.3, 0.4) is 0 Å². The van der Waals surface area contributed by atoms with Crippen molar-refractivity contribution >= 4 is 34.8 Å². The summed E-state index contributed by atoms with van der Waals surface area (Å²) in [6, 6.07) is 12.2. The maximum atomic E-state index is 12.5. The summed E-state index contributed by atoms with van der Waals surface area (Å²) < 4.78 is 11.3. The van der Waals surface area contributed by atoms with Crippen molar-refractivity contribution < 1.29 is 19.1 Å². The molecule has 6 nitrogen and oxygen atoms in total. The van der Waals surface area contributed by atoms with Crippen molar-refractivity contribution in [2.24, 2.45) is 0 Å². The number of benzene rings is 2. The third kappa shape index (κ3) is 4.71. The van der Waals surface area contributed by atoms with Crippen LogP contribution in [-0.2, 0) is 9.53 Å². The number of hydrogen-bond donors (Lipinski definition) is 1. The molecular weight excluding hydrogens is 392 g/mol. The summed E-state index contributed by atoms with van der Waals surface area (Å²) in [7, 11) is 0. The van der Waals surface area contributed by atoms with Gasteiger partial charge in [-0.3, -0.25) is 9.59 Å². The molecule has 0 aliphatic carbocycles. The predicted molar refractivity (Wildman–Crippen MR) is 112 cm³/mol. The number of nitrogens with zero attached hydrogens (tertiary/aromatic N) is 1. The molecule has 2 heterocycles. The first-order valence-electron chi connectivity index (χ1n) is 9.86. The molecule has 0 saturated carbocycles. The number of rotatable bonds is 6. The van der Waals surface area contributed by atoms with Crippen LogP contribution in [0.4, 0.5) is 11.4 Å². The predicted octanol–water partition coefficient (Wildman–Crippen LogP) is 4.28. The molecule has 2 aliphatic rings. The molecule has 2 amide bonds. The van der Waals surface area contributed by atoms with E-state index in [-0.39, 0.29) is 17.9 Å². The van der Waals surface area contributed by atoms with E-state index in [1.165, 1.54) is 0 Å². The van der Waals surface area contributed by atoms with Crippen molar-refractivity contribution in [1.82, 2.24) is 0 Å². The Bertz CT molecular complexity index is 894. The van der Waals surface area contributed by atoms with Crippen molar-refractivity contribution in [2.45, 2.75) is 31.8 Å². The second kappa shape index (κ2) is 8.84. The molecule has 0 radical (unpaired) electrons. The number of nitrogens with one attached hydrogen (secondary N) is 1. The monoisotopic (exact) mass is 414 g/mol. The highest BCUT2D eigenvalue weighted by Crippen LogP contribution is 2.32. The highest BCUT2D eigenvalue weighted by Gasteiger charge is 2.23. The Morgan fingerprint density at radius 3 is 2.69 bits per heavy atom. The Hall–Kier alpha value is -2.57. The van der Waals surface area contributed by atoms with Crippen LogP contribution >= 0.6 is 11.6 Å². The summed E-state index contributed by atoms with van der Waals surface area (Å²) in [5.41, 5.74) is 1.78. The number of carbonyl (C=O) groups is 2. The number of carbonyl (C=O) groups excluding carboxylic acids is 2. The van der Waals surface area contributed by atoms with E-state index in [9.17, 15) is 9.59 Å². The van der Waals surface area contributed by atoms with Crippen LogP contribution in [0.1, 0.15) is 36.0 Å². The quantitative estimate of drug-likeness (QED) is 0.766. The van der Waals surface area contributed by atoms with E-state index in [1.54, 1.807) is 47.4 Å². The van der Waals surface area contributed by atoms with Crippen molar-refractivity contribution in [3.8, 4) is 5.75 Å². The van der Waals surface area contributed by atoms with Gasteiger partial charge in [-0.2, -0.15) is 0 Å². The van der Waals surface area contributed by atoms with Crippen LogP contribution in [0.25, 0.3) is 0 Å². The fourth-order valence-electron chi connectivity index (χ4n) is 3.58. The summed E-state index contributed by atoms with van der Waals surface area (Å²) in [4.78, 5) is 26.1. The molecule has 2 saturated heterocycles. The highest BCUT2D eigenvalue weighted by atomic mass is 35.5. The van der Waals surface area contributed by atoms with E-state index in [0.717, 1.165) is 25.9 Å². The van der Waals surface area contributed by atoms with E-state index >= 15 is 0 Å². The number of amides is 2. The zero-order valence-electron chi connectivity index (χ0n) is 16.0. The molecule has 0 bridgehead atoms. The minimum absolute atomic E-state index is 0.0745. The largest absolute Gasteiger partial charge is 0.491 e. The molecule has 2 aromatic rings. The third-order valence-electron chi connectivity index (χ3n) is 5.15. The Kier molecular flexibility index (Phi) is 6.02. The number of hydrogen-bond acceptors (Lipinski definition) is 4. The molecule has 29 heavy (non-hydrogen) atoms. The normalized spacial score (nSPS) is 18.9. The standard InChI is InChI=1S/C22H23ClN2O4/c23-19-13-16(7-10-20(19)25-11-1-4-21(25)26)24-22(27)15-5-8-17(9-6-15)29-14-18-3-2-12-28-18/h5-10,13,18H,1-4,11-12,14H2,(H,24,27). The average Bonchev–Trinajstić information content (AvgIpc) is 3.39. The van der Waals surface area contributed by atoms with Gasteiger partial charge in [0.25, 0.3) is 5.91 Å². The lowest BCUT2D eigenvalue weighted by molar-refractivity contribution is -0.117. The zero-order chi connectivity index (χ0) is 20.2. The summed E-state index contributed by atoms with van der Waals surface area (Å²) in [6.07, 6.45) is 3.63. The lowest BCUT2D eigenvalue weighted by Gasteiger charge is -2.18. The molecule has 2 fully saturated rings. The van der Waals surface area contributed by atoms with Crippen LogP contribution < -0.4 is 15.0 Å². The summed E-state index contributed by atoms with van der Waals surface area (Å²) in [5.74, 6) is 0.543. The van der Waals surface area contributed by atoms with Gasteiger partial charge < -0.3 is 19.7 Å². The molecule has 0 aromatic heterocycles. The SMILES string of the molecule is O=C(Nc1ccc(N2CCCC2=O)c(Cl)c1)c1ccc(OCC2CCCO2)cc1. The molecule has 1 N–H and O–H groups in total. The second-order valence-corrected chi connectivity index (χ2v) is 7.65. The minimum atomic E-state index is -0.239. The highest BCUT2D eigenvalue weighted by molar-refractivity contribution is 6.34. The lowest BCUT2D eigenvalue weighted by Crippen LogP contribution is -2.24. The molecule has 1 unspecified atom stereocenters. The van der Waals surface area contributed by atoms with Gasteiger partial charge >= 0.3 is 0 Å². The van der Waals surface area contributed by atoms with Crippen LogP contribution in [0.2, 0.25) is 5.02 Å². The first-order chi connectivity index (χ1) is 14.1. The summed E-state index contributed by atoms with van der Waals surface area (Å²) in [6.45, 7) is 1.99. The molecular formula is C22H23ClN2O4. The van der Waals surface area contributed by atoms with Gasteiger partial charge in [0, 0.05) is 30.8 Å². The van der Waals surface area contributed by atoms with Crippen molar-refractivity contribution in [3.63, 3.8) is 0 Å². The molecule has 2 aromatic carbocycles. The fraction of sp³-hybridized carbons (Fsp3) is 0.364. The maximum absolute atomic E-state index is 12.5. The number of ether oxygens (including phenoxy) is 2. The first kappa shape index (κ1) is 19.7. The van der Waals surface area contributed by atoms with E-state index in [1.807, 2.05) is 0 Å². The Labute approximate surface area is 174 Å². The van der Waals surface area contributed by atoms with Gasteiger partial charge in [-0.15, -0.1) is 0 Å². The third-order valence-corrected chi connectivity index (χ3v) is 5.45. The van der Waals surface area contributed by atoms with Gasteiger partial charge in [-0.25, -0.2) is 0 Å². The molecule has 152 valence electrons. The molecule has 1 atom stereocenters. The van der Waals surface area contributed by atoms with Crippen molar-refractivity contribution in [1.29, 1.82) is 0 Å². The average molecular weight is 415 g/mol. The van der Waals surface area contributed by atoms with Gasteiger partial charge in [0.15, 0.2) is 0 Å². The zero-order valence-corrected chi connectivity index (χ0v) is 16.8. The second-order valence-electron chi connectivity index (χ2n) is 7.24. The van der Waals surface area contributed by atoms with Crippen LogP contribution in [0.15, 0.2) is 42.5 Å². The molecule has 0 spiro atoms. The van der Waals surface area contributed by atoms with Crippen LogP contribution in [0.5, 0.6) is 5.75 Å². The number of halogens is 1. The van der Waals surface area contributed by atoms with Gasteiger partial charge in [0.05, 0.1) is 16.8 Å². The topological polar surface area (TPSA) is 67.9 Å². The Morgan fingerprint density at radius 2 is 2.03 bits per heavy atom. The van der Waals surface area contributed by atoms with E-state index in [4.69, 9.17) is 21.1 Å². The van der Waals surface area contributed by atoms with Gasteiger partial charge in [-0.05, 0) is 61.7 Å². The maximum Gasteiger partial charge on any atom is 0.255 e. The van der Waals surface area contributed by atoms with Gasteiger partial charge in [-0.1, -0.05) is 11.6 Å². The fourth-order valence-corrected chi connectivity index (χ4v) is 3.86. The molecule has 2 aliphatic heterocycles. The minimum Gasteiger partial charge on any atom is -0.491 e. The van der Waals surface area contributed by atoms with Crippen molar-refractivity contribution in [3.05, 3.63) is 53.1 Å². The molecule has 4 rings (SSSR count). The smallest absolute Gasteiger partial charge is 0.255 e. The van der Waals surface area contributed by atoms with Crippen LogP contribution in [-0.4, -0.2) is 37.7 Å². The Morgan fingerprint density at radius 1 is 1.21 bits per heavy atom. The summed E-state index contributed by atoms with van der Waals surface area (Å²) >= 11 is 6.34. The molecule has 7 heteroatoms. The summed E-state index contributed by atoms with van der Waals surface area (Å²) in [5, 5.41) is 3.28. The van der Waals surface area contributed by atoms with Crippen molar-refractivity contribution in [2.75, 3.05) is 30.0 Å². The van der Waals surface area contributed by atoms with Gasteiger partial charge in [0.1, 0.15) is 12.4 Å². The van der Waals surface area contributed by atoms with E-state index in [2.05, 4.69) is 5.32 Å². The lowest BCUT2D eigenvalue weighted by atomic mass is 10.2. The van der Waals surface area contributed by atoms with E-state index in [0.29, 0.717) is 47.3 Å². The Balaban J connectivity index is 1.36. The van der Waals surface area contributed by atoms with E-state index < -0.39 is 0 Å². The number of anilines is 2. The first-order valence-corrected chi connectivity index (χ1v) is 10.2. The van der Waals surface area contributed by atoms with Gasteiger partial charge in [0.2, 0.25) is 5.91 Å².